The SMILES string of the molecule is CCC1CN(c2ncc(-c3c(F)cccc3Cl)cn2)CCN1C(=O)O. The first-order valence-corrected chi connectivity index (χ1v) is 8.40. The molecule has 1 atom stereocenters. The summed E-state index contributed by atoms with van der Waals surface area (Å²) in [6, 6.07) is 4.40. The van der Waals surface area contributed by atoms with E-state index in [1.54, 1.807) is 12.1 Å². The van der Waals surface area contributed by atoms with Crippen molar-refractivity contribution in [2.24, 2.45) is 0 Å². The van der Waals surface area contributed by atoms with Gasteiger partial charge in [-0.2, -0.15) is 0 Å². The van der Waals surface area contributed by atoms with E-state index in [-0.39, 0.29) is 11.6 Å². The van der Waals surface area contributed by atoms with Crippen LogP contribution in [0.2, 0.25) is 5.02 Å². The Balaban J connectivity index is 1.80. The van der Waals surface area contributed by atoms with Gasteiger partial charge >= 0.3 is 6.09 Å². The van der Waals surface area contributed by atoms with Crippen molar-refractivity contribution in [3.05, 3.63) is 41.4 Å². The van der Waals surface area contributed by atoms with Gasteiger partial charge in [-0.1, -0.05) is 24.6 Å². The van der Waals surface area contributed by atoms with E-state index in [1.807, 2.05) is 11.8 Å². The van der Waals surface area contributed by atoms with Gasteiger partial charge in [0, 0.05) is 43.2 Å². The molecule has 1 N–H and O–H groups in total. The van der Waals surface area contributed by atoms with E-state index in [4.69, 9.17) is 11.6 Å². The molecule has 1 aromatic carbocycles. The van der Waals surface area contributed by atoms with Crippen molar-refractivity contribution in [3.63, 3.8) is 0 Å². The van der Waals surface area contributed by atoms with Gasteiger partial charge in [0.05, 0.1) is 11.1 Å². The molecule has 25 heavy (non-hydrogen) atoms. The van der Waals surface area contributed by atoms with E-state index in [0.29, 0.717) is 42.6 Å². The molecule has 0 saturated carbocycles. The van der Waals surface area contributed by atoms with Crippen LogP contribution in [-0.4, -0.2) is 51.7 Å². The Morgan fingerprint density at radius 1 is 1.36 bits per heavy atom. The second-order valence-electron chi connectivity index (χ2n) is 5.85. The van der Waals surface area contributed by atoms with Crippen molar-refractivity contribution < 1.29 is 14.3 Å². The molecular formula is C17H18ClFN4O2. The lowest BCUT2D eigenvalue weighted by atomic mass is 10.1. The van der Waals surface area contributed by atoms with Gasteiger partial charge < -0.3 is 14.9 Å². The largest absolute Gasteiger partial charge is 0.465 e. The van der Waals surface area contributed by atoms with E-state index in [2.05, 4.69) is 9.97 Å². The van der Waals surface area contributed by atoms with Gasteiger partial charge in [0.1, 0.15) is 5.82 Å². The monoisotopic (exact) mass is 364 g/mol. The summed E-state index contributed by atoms with van der Waals surface area (Å²) in [5, 5.41) is 9.54. The Morgan fingerprint density at radius 2 is 2.08 bits per heavy atom. The molecule has 0 aliphatic carbocycles. The van der Waals surface area contributed by atoms with E-state index >= 15 is 0 Å². The average molecular weight is 365 g/mol. The number of anilines is 1. The van der Waals surface area contributed by atoms with Gasteiger partial charge in [0.2, 0.25) is 5.95 Å². The third kappa shape index (κ3) is 3.51. The lowest BCUT2D eigenvalue weighted by Gasteiger charge is -2.39. The molecule has 0 radical (unpaired) electrons. The van der Waals surface area contributed by atoms with Gasteiger partial charge in [-0.25, -0.2) is 19.2 Å². The summed E-state index contributed by atoms with van der Waals surface area (Å²) in [5.74, 6) is 0.0738. The van der Waals surface area contributed by atoms with E-state index in [0.717, 1.165) is 0 Å². The number of piperazine rings is 1. The quantitative estimate of drug-likeness (QED) is 0.902. The zero-order valence-corrected chi connectivity index (χ0v) is 14.4. The first-order chi connectivity index (χ1) is 12.0. The Kier molecular flexibility index (Phi) is 5.03. The van der Waals surface area contributed by atoms with Crippen LogP contribution >= 0.6 is 11.6 Å². The fraction of sp³-hybridized carbons (Fsp3) is 0.353. The number of carbonyl (C=O) groups is 1. The van der Waals surface area contributed by atoms with Crippen molar-refractivity contribution in [1.82, 2.24) is 14.9 Å². The molecule has 1 unspecified atom stereocenters. The average Bonchev–Trinajstić information content (AvgIpc) is 2.61. The Labute approximate surface area is 149 Å². The van der Waals surface area contributed by atoms with Crippen LogP contribution in [0.3, 0.4) is 0 Å². The van der Waals surface area contributed by atoms with E-state index < -0.39 is 11.9 Å². The second-order valence-corrected chi connectivity index (χ2v) is 6.26. The molecule has 2 aromatic rings. The predicted molar refractivity (Wildman–Crippen MR) is 93.5 cm³/mol. The Hall–Kier alpha value is -2.41. The summed E-state index contributed by atoms with van der Waals surface area (Å²) in [5.41, 5.74) is 0.779. The molecule has 3 rings (SSSR count). The fourth-order valence-electron chi connectivity index (χ4n) is 3.03. The lowest BCUT2D eigenvalue weighted by Crippen LogP contribution is -2.55. The number of benzene rings is 1. The third-order valence-electron chi connectivity index (χ3n) is 4.37. The summed E-state index contributed by atoms with van der Waals surface area (Å²) >= 11 is 6.07. The van der Waals surface area contributed by atoms with Crippen LogP contribution < -0.4 is 4.90 Å². The number of aromatic nitrogens is 2. The summed E-state index contributed by atoms with van der Waals surface area (Å²) in [7, 11) is 0. The first-order valence-electron chi connectivity index (χ1n) is 8.02. The van der Waals surface area contributed by atoms with Gasteiger partial charge in [0.25, 0.3) is 0 Å². The highest BCUT2D eigenvalue weighted by molar-refractivity contribution is 6.33. The zero-order chi connectivity index (χ0) is 18.0. The summed E-state index contributed by atoms with van der Waals surface area (Å²) in [4.78, 5) is 23.3. The summed E-state index contributed by atoms with van der Waals surface area (Å²) in [6.07, 6.45) is 2.89. The van der Waals surface area contributed by atoms with Gasteiger partial charge in [-0.05, 0) is 18.6 Å². The normalized spacial score (nSPS) is 17.6. The minimum Gasteiger partial charge on any atom is -0.465 e. The molecule has 1 aromatic heterocycles. The van der Waals surface area contributed by atoms with Crippen molar-refractivity contribution in [1.29, 1.82) is 0 Å². The van der Waals surface area contributed by atoms with Crippen LogP contribution in [0.1, 0.15) is 13.3 Å². The molecule has 1 fully saturated rings. The Bertz CT molecular complexity index is 751. The van der Waals surface area contributed by atoms with Crippen LogP contribution in [-0.2, 0) is 0 Å². The summed E-state index contributed by atoms with van der Waals surface area (Å²) < 4.78 is 14.0. The van der Waals surface area contributed by atoms with E-state index in [1.165, 1.54) is 23.4 Å². The molecule has 0 spiro atoms. The molecule has 1 aliphatic rings. The van der Waals surface area contributed by atoms with Crippen molar-refractivity contribution in [2.75, 3.05) is 24.5 Å². The van der Waals surface area contributed by atoms with Crippen LogP contribution in [0.5, 0.6) is 0 Å². The molecule has 1 amide bonds. The molecule has 1 aliphatic heterocycles. The summed E-state index contributed by atoms with van der Waals surface area (Å²) in [6.45, 7) is 3.40. The number of halogens is 2. The van der Waals surface area contributed by atoms with E-state index in [9.17, 15) is 14.3 Å². The number of carboxylic acid groups (broad SMARTS) is 1. The molecule has 2 heterocycles. The maximum absolute atomic E-state index is 14.0. The number of hydrogen-bond acceptors (Lipinski definition) is 4. The van der Waals surface area contributed by atoms with Crippen LogP contribution in [0, 0.1) is 5.82 Å². The molecule has 6 nitrogen and oxygen atoms in total. The number of amides is 1. The van der Waals surface area contributed by atoms with Crippen molar-refractivity contribution in [3.8, 4) is 11.1 Å². The molecular weight excluding hydrogens is 347 g/mol. The maximum atomic E-state index is 14.0. The lowest BCUT2D eigenvalue weighted by molar-refractivity contribution is 0.116. The number of nitrogens with zero attached hydrogens (tertiary/aromatic N) is 4. The smallest absolute Gasteiger partial charge is 0.407 e. The van der Waals surface area contributed by atoms with Crippen molar-refractivity contribution in [2.45, 2.75) is 19.4 Å². The minimum absolute atomic E-state index is 0.101. The van der Waals surface area contributed by atoms with Crippen LogP contribution in [0.4, 0.5) is 15.1 Å². The standard InChI is InChI=1S/C17H18ClFN4O2/c1-2-12-10-22(6-7-23(12)17(24)25)16-20-8-11(9-21-16)15-13(18)4-3-5-14(15)19/h3-5,8-9,12H,2,6-7,10H2,1H3,(H,24,25). The van der Waals surface area contributed by atoms with Gasteiger partial charge in [-0.3, -0.25) is 0 Å². The topological polar surface area (TPSA) is 69.6 Å². The Morgan fingerprint density at radius 3 is 2.68 bits per heavy atom. The number of hydrogen-bond donors (Lipinski definition) is 1. The molecule has 8 heteroatoms. The second kappa shape index (κ2) is 7.23. The van der Waals surface area contributed by atoms with Crippen LogP contribution in [0.15, 0.2) is 30.6 Å². The third-order valence-corrected chi connectivity index (χ3v) is 4.69. The highest BCUT2D eigenvalue weighted by Gasteiger charge is 2.30. The van der Waals surface area contributed by atoms with Gasteiger partial charge in [0.15, 0.2) is 0 Å². The molecule has 132 valence electrons. The van der Waals surface area contributed by atoms with Crippen molar-refractivity contribution >= 4 is 23.6 Å². The predicted octanol–water partition coefficient (Wildman–Crippen LogP) is 3.51. The van der Waals surface area contributed by atoms with Gasteiger partial charge in [-0.15, -0.1) is 0 Å². The molecule has 0 bridgehead atoms. The maximum Gasteiger partial charge on any atom is 0.407 e. The zero-order valence-electron chi connectivity index (χ0n) is 13.7. The van der Waals surface area contributed by atoms with Crippen LogP contribution in [0.25, 0.3) is 11.1 Å². The first kappa shape index (κ1) is 17.4. The highest BCUT2D eigenvalue weighted by Crippen LogP contribution is 2.30. The highest BCUT2D eigenvalue weighted by atomic mass is 35.5. The fourth-order valence-corrected chi connectivity index (χ4v) is 3.30. The molecule has 1 saturated heterocycles. The minimum atomic E-state index is -0.906. The number of rotatable bonds is 3.